The van der Waals surface area contributed by atoms with Gasteiger partial charge in [0.05, 0.1) is 27.4 Å². The van der Waals surface area contributed by atoms with Gasteiger partial charge in [-0.1, -0.05) is 51.0 Å². The molecule has 2 aromatic carbocycles. The Hall–Kier alpha value is -2.04. The third kappa shape index (κ3) is 11.0. The lowest BCUT2D eigenvalue weighted by atomic mass is 10.2. The normalized spacial score (nSPS) is 10.1. The first-order valence-electron chi connectivity index (χ1n) is 10.1. The Balaban J connectivity index is 0.000000370. The highest BCUT2D eigenvalue weighted by molar-refractivity contribution is 5.27. The number of hydrogen-bond donors (Lipinski definition) is 0. The Morgan fingerprint density at radius 1 is 0.571 bits per heavy atom. The lowest BCUT2D eigenvalue weighted by Crippen LogP contribution is -1.95. The van der Waals surface area contributed by atoms with Crippen LogP contribution < -0.4 is 9.47 Å². The van der Waals surface area contributed by atoms with E-state index in [9.17, 15) is 0 Å². The SMILES string of the molecule is CCCCOCCCC.COc1ccc(COCc2ccc(OC)cc2)cc1. The largest absolute Gasteiger partial charge is 0.497 e. The molecule has 0 fully saturated rings. The molecule has 0 saturated carbocycles. The summed E-state index contributed by atoms with van der Waals surface area (Å²) in [4.78, 5) is 0. The summed E-state index contributed by atoms with van der Waals surface area (Å²) >= 11 is 0. The third-order valence-electron chi connectivity index (χ3n) is 4.14. The molecular weight excluding hydrogens is 352 g/mol. The molecule has 2 rings (SSSR count). The number of ether oxygens (including phenoxy) is 4. The minimum atomic E-state index is 0.593. The fourth-order valence-corrected chi connectivity index (χ4v) is 2.33. The van der Waals surface area contributed by atoms with Crippen molar-refractivity contribution >= 4 is 0 Å². The van der Waals surface area contributed by atoms with Crippen LogP contribution in [-0.2, 0) is 22.7 Å². The summed E-state index contributed by atoms with van der Waals surface area (Å²) in [6.07, 6.45) is 4.91. The van der Waals surface area contributed by atoms with Crippen LogP contribution in [0.3, 0.4) is 0 Å². The van der Waals surface area contributed by atoms with Gasteiger partial charge < -0.3 is 18.9 Å². The van der Waals surface area contributed by atoms with E-state index in [4.69, 9.17) is 18.9 Å². The maximum Gasteiger partial charge on any atom is 0.118 e. The fraction of sp³-hybridized carbons (Fsp3) is 0.500. The van der Waals surface area contributed by atoms with E-state index >= 15 is 0 Å². The first-order chi connectivity index (χ1) is 13.7. The second-order valence-electron chi connectivity index (χ2n) is 6.51. The molecule has 156 valence electrons. The van der Waals surface area contributed by atoms with Crippen LogP contribution in [0.25, 0.3) is 0 Å². The predicted molar refractivity (Wildman–Crippen MR) is 115 cm³/mol. The van der Waals surface area contributed by atoms with Crippen LogP contribution in [0, 0.1) is 0 Å². The van der Waals surface area contributed by atoms with Crippen LogP contribution in [-0.4, -0.2) is 27.4 Å². The van der Waals surface area contributed by atoms with Crippen molar-refractivity contribution < 1.29 is 18.9 Å². The number of hydrogen-bond acceptors (Lipinski definition) is 4. The van der Waals surface area contributed by atoms with Gasteiger partial charge in [0.25, 0.3) is 0 Å². The first-order valence-corrected chi connectivity index (χ1v) is 10.1. The molecule has 0 aromatic heterocycles. The Labute approximate surface area is 170 Å². The molecule has 0 N–H and O–H groups in total. The summed E-state index contributed by atoms with van der Waals surface area (Å²) in [5.74, 6) is 1.72. The van der Waals surface area contributed by atoms with Crippen LogP contribution in [0.2, 0.25) is 0 Å². The zero-order chi connectivity index (χ0) is 20.5. The summed E-state index contributed by atoms with van der Waals surface area (Å²) in [5.41, 5.74) is 2.27. The molecule has 0 bridgehead atoms. The fourth-order valence-electron chi connectivity index (χ4n) is 2.33. The molecular formula is C24H36O4. The highest BCUT2D eigenvalue weighted by Gasteiger charge is 1.97. The van der Waals surface area contributed by atoms with E-state index in [1.54, 1.807) is 14.2 Å². The zero-order valence-corrected chi connectivity index (χ0v) is 17.9. The zero-order valence-electron chi connectivity index (χ0n) is 17.9. The lowest BCUT2D eigenvalue weighted by Gasteiger charge is -2.06. The van der Waals surface area contributed by atoms with Crippen molar-refractivity contribution in [1.29, 1.82) is 0 Å². The summed E-state index contributed by atoms with van der Waals surface area (Å²) in [6.45, 7) is 7.46. The maximum atomic E-state index is 5.67. The molecule has 2 aromatic rings. The van der Waals surface area contributed by atoms with Crippen LogP contribution in [0.4, 0.5) is 0 Å². The number of unbranched alkanes of at least 4 members (excludes halogenated alkanes) is 2. The van der Waals surface area contributed by atoms with Crippen molar-refractivity contribution in [1.82, 2.24) is 0 Å². The molecule has 0 aliphatic heterocycles. The van der Waals surface area contributed by atoms with Gasteiger partial charge in [-0.3, -0.25) is 0 Å². The molecule has 0 saturated heterocycles. The quantitative estimate of drug-likeness (QED) is 0.416. The molecule has 0 aliphatic rings. The van der Waals surface area contributed by atoms with Gasteiger partial charge in [0.15, 0.2) is 0 Å². The molecule has 0 unspecified atom stereocenters. The molecule has 4 nitrogen and oxygen atoms in total. The van der Waals surface area contributed by atoms with E-state index in [1.165, 1.54) is 25.7 Å². The smallest absolute Gasteiger partial charge is 0.118 e. The van der Waals surface area contributed by atoms with Crippen molar-refractivity contribution in [2.24, 2.45) is 0 Å². The van der Waals surface area contributed by atoms with Gasteiger partial charge in [0, 0.05) is 13.2 Å². The van der Waals surface area contributed by atoms with Crippen LogP contribution >= 0.6 is 0 Å². The van der Waals surface area contributed by atoms with Crippen molar-refractivity contribution in [2.75, 3.05) is 27.4 Å². The molecule has 4 heteroatoms. The summed E-state index contributed by atoms with van der Waals surface area (Å²) in [5, 5.41) is 0. The van der Waals surface area contributed by atoms with Crippen LogP contribution in [0.5, 0.6) is 11.5 Å². The van der Waals surface area contributed by atoms with E-state index in [0.717, 1.165) is 35.8 Å². The molecule has 0 amide bonds. The van der Waals surface area contributed by atoms with E-state index in [1.807, 2.05) is 48.5 Å². The van der Waals surface area contributed by atoms with Crippen molar-refractivity contribution in [3.63, 3.8) is 0 Å². The van der Waals surface area contributed by atoms with Gasteiger partial charge in [0.1, 0.15) is 11.5 Å². The lowest BCUT2D eigenvalue weighted by molar-refractivity contribution is 0.107. The van der Waals surface area contributed by atoms with Crippen molar-refractivity contribution in [2.45, 2.75) is 52.7 Å². The second-order valence-corrected chi connectivity index (χ2v) is 6.51. The Morgan fingerprint density at radius 2 is 0.964 bits per heavy atom. The summed E-state index contributed by atoms with van der Waals surface area (Å²) in [6, 6.07) is 15.8. The van der Waals surface area contributed by atoms with E-state index in [-0.39, 0.29) is 0 Å². The maximum absolute atomic E-state index is 5.67. The highest BCUT2D eigenvalue weighted by Crippen LogP contribution is 2.14. The Morgan fingerprint density at radius 3 is 1.29 bits per heavy atom. The monoisotopic (exact) mass is 388 g/mol. The third-order valence-corrected chi connectivity index (χ3v) is 4.14. The van der Waals surface area contributed by atoms with E-state index < -0.39 is 0 Å². The standard InChI is InChI=1S/C16H18O3.C8H18O/c1-17-15-7-3-13(4-8-15)11-19-12-14-5-9-16(18-2)10-6-14;1-3-5-7-9-8-6-4-2/h3-10H,11-12H2,1-2H3;3-8H2,1-2H3. The molecule has 0 radical (unpaired) electrons. The summed E-state index contributed by atoms with van der Waals surface area (Å²) < 4.78 is 21.2. The van der Waals surface area contributed by atoms with Gasteiger partial charge in [-0.05, 0) is 48.2 Å². The number of methoxy groups -OCH3 is 2. The minimum Gasteiger partial charge on any atom is -0.497 e. The highest BCUT2D eigenvalue weighted by atomic mass is 16.5. The molecule has 0 heterocycles. The van der Waals surface area contributed by atoms with Gasteiger partial charge in [0.2, 0.25) is 0 Å². The van der Waals surface area contributed by atoms with E-state index in [0.29, 0.717) is 13.2 Å². The van der Waals surface area contributed by atoms with Crippen molar-refractivity contribution in [3.8, 4) is 11.5 Å². The minimum absolute atomic E-state index is 0.593. The first kappa shape index (κ1) is 24.0. The average molecular weight is 389 g/mol. The van der Waals surface area contributed by atoms with Gasteiger partial charge in [-0.15, -0.1) is 0 Å². The van der Waals surface area contributed by atoms with Crippen molar-refractivity contribution in [3.05, 3.63) is 59.7 Å². The van der Waals surface area contributed by atoms with E-state index in [2.05, 4.69) is 13.8 Å². The van der Waals surface area contributed by atoms with Gasteiger partial charge in [-0.25, -0.2) is 0 Å². The van der Waals surface area contributed by atoms with Gasteiger partial charge >= 0.3 is 0 Å². The second kappa shape index (κ2) is 16.0. The molecule has 0 aliphatic carbocycles. The Bertz CT molecular complexity index is 540. The van der Waals surface area contributed by atoms with Crippen LogP contribution in [0.15, 0.2) is 48.5 Å². The number of rotatable bonds is 12. The average Bonchev–Trinajstić information content (AvgIpc) is 2.75. The molecule has 0 atom stereocenters. The molecule has 0 spiro atoms. The van der Waals surface area contributed by atoms with Gasteiger partial charge in [-0.2, -0.15) is 0 Å². The van der Waals surface area contributed by atoms with Crippen LogP contribution in [0.1, 0.15) is 50.7 Å². The Kier molecular flexibility index (Phi) is 13.7. The summed E-state index contributed by atoms with van der Waals surface area (Å²) in [7, 11) is 3.32. The molecule has 28 heavy (non-hydrogen) atoms. The topological polar surface area (TPSA) is 36.9 Å². The predicted octanol–water partition coefficient (Wildman–Crippen LogP) is 6.02. The number of benzene rings is 2.